The summed E-state index contributed by atoms with van der Waals surface area (Å²) in [6.45, 7) is 0. The van der Waals surface area contributed by atoms with E-state index in [-0.39, 0.29) is 62.4 Å². The molecule has 0 radical (unpaired) electrons. The largest absolute Gasteiger partial charge is 0.192 e. The molecule has 0 aromatic heterocycles. The van der Waals surface area contributed by atoms with Crippen LogP contribution in [-0.4, -0.2) is 0 Å². The highest BCUT2D eigenvalue weighted by molar-refractivity contribution is 6.51. The van der Waals surface area contributed by atoms with Crippen LogP contribution in [0.25, 0.3) is 0 Å². The van der Waals surface area contributed by atoms with E-state index in [0.29, 0.717) is 0 Å². The Labute approximate surface area is 199 Å². The number of halogens is 8. The highest BCUT2D eigenvalue weighted by atomic mass is 35.5. The Balaban J connectivity index is 0.000000280. The van der Waals surface area contributed by atoms with Gasteiger partial charge in [-0.05, 0) is 0 Å². The molecule has 2 aromatic carbocycles. The van der Waals surface area contributed by atoms with Gasteiger partial charge in [-0.3, -0.25) is 0 Å². The predicted octanol–water partition coefficient (Wildman–Crippen LogP) is 8.09. The van der Waals surface area contributed by atoms with Crippen LogP contribution in [0.5, 0.6) is 0 Å². The minimum absolute atomic E-state index is 0.0363. The first-order valence-corrected chi connectivity index (χ1v) is 9.43. The average Bonchev–Trinajstić information content (AvgIpc) is 2.67. The molecule has 0 saturated carbocycles. The van der Waals surface area contributed by atoms with Crippen molar-refractivity contribution in [2.24, 2.45) is 0 Å². The molecule has 0 amide bonds. The SMILES string of the molecule is N#Cc1c(Cl)c(Cl)c(Cl)c(C#N)c1Cl.N#Cc1c(Cl)c(Cl)c(Cl)c(C#N)c1Cl. The molecular weight excluding hydrogens is 532 g/mol. The van der Waals surface area contributed by atoms with E-state index in [1.807, 2.05) is 0 Å². The van der Waals surface area contributed by atoms with Gasteiger partial charge < -0.3 is 0 Å². The van der Waals surface area contributed by atoms with Crippen molar-refractivity contribution >= 4 is 92.8 Å². The Morgan fingerprint density at radius 1 is 0.321 bits per heavy atom. The van der Waals surface area contributed by atoms with E-state index in [1.54, 1.807) is 24.3 Å². The van der Waals surface area contributed by atoms with E-state index < -0.39 is 0 Å². The van der Waals surface area contributed by atoms with Gasteiger partial charge in [-0.15, -0.1) is 0 Å². The summed E-state index contributed by atoms with van der Waals surface area (Å²) in [7, 11) is 0. The molecular formula is C16Cl8N4. The Morgan fingerprint density at radius 3 is 0.643 bits per heavy atom. The number of benzene rings is 2. The van der Waals surface area contributed by atoms with Crippen LogP contribution in [0.1, 0.15) is 22.3 Å². The Bertz CT molecular complexity index is 973. The van der Waals surface area contributed by atoms with E-state index in [2.05, 4.69) is 0 Å². The average molecular weight is 532 g/mol. The second-order valence-corrected chi connectivity index (χ2v) is 7.48. The molecule has 0 unspecified atom stereocenters. The van der Waals surface area contributed by atoms with E-state index in [0.717, 1.165) is 0 Å². The minimum Gasteiger partial charge on any atom is -0.192 e. The Kier molecular flexibility index (Phi) is 9.27. The quantitative estimate of drug-likeness (QED) is 0.253. The molecule has 12 heteroatoms. The van der Waals surface area contributed by atoms with Crippen molar-refractivity contribution in [3.05, 3.63) is 62.4 Å². The summed E-state index contributed by atoms with van der Waals surface area (Å²) in [5.41, 5.74) is -0.169. The van der Waals surface area contributed by atoms with Crippen LogP contribution in [-0.2, 0) is 0 Å². The molecule has 140 valence electrons. The molecule has 0 spiro atoms. The first kappa shape index (κ1) is 24.8. The lowest BCUT2D eigenvalue weighted by molar-refractivity contribution is 1.45. The van der Waals surface area contributed by atoms with E-state index in [1.165, 1.54) is 0 Å². The summed E-state index contributed by atoms with van der Waals surface area (Å²) in [6.07, 6.45) is 0. The van der Waals surface area contributed by atoms with Gasteiger partial charge in [-0.2, -0.15) is 21.0 Å². The van der Waals surface area contributed by atoms with Gasteiger partial charge in [0.15, 0.2) is 0 Å². The lowest BCUT2D eigenvalue weighted by Gasteiger charge is -2.05. The minimum atomic E-state index is -0.0746. The summed E-state index contributed by atoms with van der Waals surface area (Å²) < 4.78 is 0. The summed E-state index contributed by atoms with van der Waals surface area (Å²) in [5, 5.41) is 34.4. The second-order valence-electron chi connectivity index (χ2n) is 4.46. The van der Waals surface area contributed by atoms with Crippen LogP contribution in [0.3, 0.4) is 0 Å². The molecule has 2 rings (SSSR count). The fraction of sp³-hybridized carbons (Fsp3) is 0. The molecule has 0 aliphatic heterocycles. The molecule has 0 aliphatic carbocycles. The van der Waals surface area contributed by atoms with Gasteiger partial charge in [0.25, 0.3) is 0 Å². The molecule has 4 nitrogen and oxygen atoms in total. The van der Waals surface area contributed by atoms with E-state index in [4.69, 9.17) is 114 Å². The van der Waals surface area contributed by atoms with Gasteiger partial charge >= 0.3 is 0 Å². The third kappa shape index (κ3) is 4.64. The monoisotopic (exact) mass is 528 g/mol. The number of nitriles is 4. The zero-order valence-corrected chi connectivity index (χ0v) is 18.9. The highest BCUT2D eigenvalue weighted by Gasteiger charge is 2.20. The first-order chi connectivity index (χ1) is 13.1. The van der Waals surface area contributed by atoms with Crippen molar-refractivity contribution in [3.8, 4) is 24.3 Å². The van der Waals surface area contributed by atoms with Crippen molar-refractivity contribution in [2.75, 3.05) is 0 Å². The topological polar surface area (TPSA) is 95.2 Å². The third-order valence-corrected chi connectivity index (χ3v) is 6.38. The maximum atomic E-state index is 8.70. The van der Waals surface area contributed by atoms with E-state index in [9.17, 15) is 0 Å². The summed E-state index contributed by atoms with van der Waals surface area (Å²) in [5.74, 6) is 0. The van der Waals surface area contributed by atoms with Gasteiger partial charge in [-0.25, -0.2) is 0 Å². The van der Waals surface area contributed by atoms with Gasteiger partial charge in [-0.1, -0.05) is 92.8 Å². The van der Waals surface area contributed by atoms with Gasteiger partial charge in [0.2, 0.25) is 0 Å². The second kappa shape index (κ2) is 10.5. The van der Waals surface area contributed by atoms with Crippen molar-refractivity contribution in [1.29, 1.82) is 21.0 Å². The molecule has 2 aromatic rings. The standard InChI is InChI=1S/2C8Cl4N2/c2*9-5-3(1-13)6(10)8(12)7(11)4(5)2-14. The molecule has 0 aliphatic rings. The molecule has 0 N–H and O–H groups in total. The normalized spacial score (nSPS) is 9.29. The Hall–Kier alpha value is -1.28. The number of nitrogens with zero attached hydrogens (tertiary/aromatic N) is 4. The van der Waals surface area contributed by atoms with Crippen LogP contribution in [0, 0.1) is 45.3 Å². The van der Waals surface area contributed by atoms with Crippen LogP contribution in [0.4, 0.5) is 0 Å². The van der Waals surface area contributed by atoms with Crippen LogP contribution < -0.4 is 0 Å². The smallest absolute Gasteiger partial charge is 0.102 e. The van der Waals surface area contributed by atoms with Crippen molar-refractivity contribution < 1.29 is 0 Å². The van der Waals surface area contributed by atoms with E-state index >= 15 is 0 Å². The van der Waals surface area contributed by atoms with Gasteiger partial charge in [0.05, 0.1) is 62.4 Å². The van der Waals surface area contributed by atoms with Crippen molar-refractivity contribution in [2.45, 2.75) is 0 Å². The molecule has 0 heterocycles. The number of hydrogen-bond donors (Lipinski definition) is 0. The maximum absolute atomic E-state index is 8.70. The number of hydrogen-bond acceptors (Lipinski definition) is 4. The highest BCUT2D eigenvalue weighted by Crippen LogP contribution is 2.41. The molecule has 0 bridgehead atoms. The summed E-state index contributed by atoms with van der Waals surface area (Å²) in [4.78, 5) is 0. The Morgan fingerprint density at radius 2 is 0.500 bits per heavy atom. The van der Waals surface area contributed by atoms with Crippen LogP contribution in [0.15, 0.2) is 0 Å². The third-order valence-electron chi connectivity index (χ3n) is 2.97. The lowest BCUT2D eigenvalue weighted by Crippen LogP contribution is -1.89. The summed E-state index contributed by atoms with van der Waals surface area (Å²) in [6, 6.07) is 6.99. The predicted molar refractivity (Wildman–Crippen MR) is 112 cm³/mol. The van der Waals surface area contributed by atoms with Crippen molar-refractivity contribution in [3.63, 3.8) is 0 Å². The lowest BCUT2D eigenvalue weighted by atomic mass is 10.1. The molecule has 0 fully saturated rings. The molecule has 0 atom stereocenters. The fourth-order valence-electron chi connectivity index (χ4n) is 1.66. The van der Waals surface area contributed by atoms with Gasteiger partial charge in [0, 0.05) is 0 Å². The first-order valence-electron chi connectivity index (χ1n) is 6.41. The molecule has 28 heavy (non-hydrogen) atoms. The van der Waals surface area contributed by atoms with Crippen molar-refractivity contribution in [1.82, 2.24) is 0 Å². The fourth-order valence-corrected chi connectivity index (χ4v) is 3.80. The summed E-state index contributed by atoms with van der Waals surface area (Å²) >= 11 is 45.6. The van der Waals surface area contributed by atoms with Gasteiger partial charge in [0.1, 0.15) is 24.3 Å². The maximum Gasteiger partial charge on any atom is 0.102 e. The number of rotatable bonds is 0. The van der Waals surface area contributed by atoms with Crippen LogP contribution >= 0.6 is 92.8 Å². The zero-order valence-electron chi connectivity index (χ0n) is 12.8. The van der Waals surface area contributed by atoms with Crippen LogP contribution in [0.2, 0.25) is 40.2 Å². The zero-order chi connectivity index (χ0) is 21.8. The molecule has 0 saturated heterocycles.